The molecule has 0 aliphatic heterocycles. The van der Waals surface area contributed by atoms with E-state index in [2.05, 4.69) is 5.32 Å². The Labute approximate surface area is 134 Å². The molecule has 2 bridgehead atoms. The quantitative estimate of drug-likeness (QED) is 0.844. The van der Waals surface area contributed by atoms with E-state index in [9.17, 15) is 14.7 Å². The highest BCUT2D eigenvalue weighted by molar-refractivity contribution is 5.96. The van der Waals surface area contributed by atoms with Crippen molar-refractivity contribution in [3.05, 3.63) is 36.4 Å². The summed E-state index contributed by atoms with van der Waals surface area (Å²) in [5.74, 6) is -1.03. The third-order valence-electron chi connectivity index (χ3n) is 5.58. The van der Waals surface area contributed by atoms with Crippen LogP contribution in [0.5, 0.6) is 5.75 Å². The standard InChI is InChI=1S/C18H19NO4/c1-23-10-4-2-9(3-5-10)19-17(20)15-11-6-7-12(14-8-13(11)14)16(15)18(21)22/h2-7,11-16H,8H2,1H3,(H,19,20)(H,21,22)/p-1/t11-,12+,13-,14+,15-,16-/m0/s1. The molecule has 4 aliphatic rings. The number of methoxy groups -OCH3 is 1. The van der Waals surface area contributed by atoms with Gasteiger partial charge in [0, 0.05) is 17.6 Å². The fraction of sp³-hybridized carbons (Fsp3) is 0.444. The molecule has 0 heterocycles. The van der Waals surface area contributed by atoms with Crippen LogP contribution >= 0.6 is 0 Å². The zero-order valence-corrected chi connectivity index (χ0v) is 12.8. The number of hydrogen-bond donors (Lipinski definition) is 1. The van der Waals surface area contributed by atoms with E-state index in [0.717, 1.165) is 6.42 Å². The molecule has 2 saturated carbocycles. The van der Waals surface area contributed by atoms with Crippen LogP contribution in [0.1, 0.15) is 6.42 Å². The number of anilines is 1. The number of carbonyl (C=O) groups excluding carboxylic acids is 2. The van der Waals surface area contributed by atoms with Gasteiger partial charge in [0.2, 0.25) is 5.91 Å². The molecular formula is C18H18NO4-. The van der Waals surface area contributed by atoms with E-state index in [1.807, 2.05) is 12.2 Å². The van der Waals surface area contributed by atoms with Crippen molar-refractivity contribution in [2.24, 2.45) is 35.5 Å². The summed E-state index contributed by atoms with van der Waals surface area (Å²) < 4.78 is 5.09. The highest BCUT2D eigenvalue weighted by Gasteiger charge is 2.61. The molecule has 5 heteroatoms. The Morgan fingerprint density at radius 3 is 2.26 bits per heavy atom. The third-order valence-corrected chi connectivity index (χ3v) is 5.58. The topological polar surface area (TPSA) is 78.5 Å². The lowest BCUT2D eigenvalue weighted by Crippen LogP contribution is -2.52. The predicted molar refractivity (Wildman–Crippen MR) is 81.3 cm³/mol. The molecule has 1 N–H and O–H groups in total. The van der Waals surface area contributed by atoms with Crippen LogP contribution in [0, 0.1) is 35.5 Å². The number of aliphatic carboxylic acids is 1. The van der Waals surface area contributed by atoms with Crippen LogP contribution in [0.25, 0.3) is 0 Å². The van der Waals surface area contributed by atoms with Gasteiger partial charge in [-0.3, -0.25) is 4.79 Å². The van der Waals surface area contributed by atoms with E-state index in [0.29, 0.717) is 23.3 Å². The highest BCUT2D eigenvalue weighted by atomic mass is 16.5. The lowest BCUT2D eigenvalue weighted by Gasteiger charge is -2.44. The minimum absolute atomic E-state index is 0.0196. The first-order chi connectivity index (χ1) is 11.1. The molecule has 0 aromatic heterocycles. The zero-order valence-electron chi connectivity index (χ0n) is 12.8. The average molecular weight is 312 g/mol. The third kappa shape index (κ3) is 2.22. The molecule has 120 valence electrons. The van der Waals surface area contributed by atoms with Crippen LogP contribution < -0.4 is 15.2 Å². The molecule has 0 radical (unpaired) electrons. The Kier molecular flexibility index (Phi) is 3.18. The molecule has 6 atom stereocenters. The van der Waals surface area contributed by atoms with Crippen molar-refractivity contribution in [2.75, 3.05) is 12.4 Å². The van der Waals surface area contributed by atoms with Crippen molar-refractivity contribution in [1.82, 2.24) is 0 Å². The number of nitrogens with one attached hydrogen (secondary N) is 1. The Hall–Kier alpha value is -2.30. The summed E-state index contributed by atoms with van der Waals surface area (Å²) in [6, 6.07) is 7.02. The van der Waals surface area contributed by atoms with Crippen LogP contribution in [0.3, 0.4) is 0 Å². The second-order valence-corrected chi connectivity index (χ2v) is 6.69. The number of carbonyl (C=O) groups is 2. The second-order valence-electron chi connectivity index (χ2n) is 6.69. The van der Waals surface area contributed by atoms with Gasteiger partial charge in [-0.05, 0) is 54.4 Å². The number of amides is 1. The summed E-state index contributed by atoms with van der Waals surface area (Å²) in [6.45, 7) is 0. The summed E-state index contributed by atoms with van der Waals surface area (Å²) in [4.78, 5) is 24.3. The van der Waals surface area contributed by atoms with Crippen molar-refractivity contribution >= 4 is 17.6 Å². The number of carboxylic acids is 1. The molecule has 0 saturated heterocycles. The first-order valence-electron chi connectivity index (χ1n) is 7.94. The Morgan fingerprint density at radius 2 is 1.70 bits per heavy atom. The maximum Gasteiger partial charge on any atom is 0.228 e. The van der Waals surface area contributed by atoms with Crippen LogP contribution in [0.15, 0.2) is 36.4 Å². The Bertz CT molecular complexity index is 681. The van der Waals surface area contributed by atoms with Crippen LogP contribution in [0.4, 0.5) is 5.69 Å². The minimum atomic E-state index is -1.11. The number of hydrogen-bond acceptors (Lipinski definition) is 4. The summed E-state index contributed by atoms with van der Waals surface area (Å²) in [5, 5.41) is 14.5. The van der Waals surface area contributed by atoms with Crippen molar-refractivity contribution in [3.63, 3.8) is 0 Å². The molecular weight excluding hydrogens is 294 g/mol. The van der Waals surface area contributed by atoms with Crippen molar-refractivity contribution < 1.29 is 19.4 Å². The molecule has 5 rings (SSSR count). The van der Waals surface area contributed by atoms with Crippen LogP contribution in [-0.2, 0) is 9.59 Å². The first kappa shape index (κ1) is 14.3. The van der Waals surface area contributed by atoms with Gasteiger partial charge in [0.25, 0.3) is 0 Å². The fourth-order valence-corrected chi connectivity index (χ4v) is 4.46. The number of benzene rings is 1. The van der Waals surface area contributed by atoms with Crippen LogP contribution in [-0.4, -0.2) is 19.0 Å². The summed E-state index contributed by atoms with van der Waals surface area (Å²) >= 11 is 0. The fourth-order valence-electron chi connectivity index (χ4n) is 4.46. The van der Waals surface area contributed by atoms with Gasteiger partial charge in [-0.15, -0.1) is 0 Å². The smallest absolute Gasteiger partial charge is 0.228 e. The van der Waals surface area contributed by atoms with Crippen molar-refractivity contribution in [3.8, 4) is 5.75 Å². The van der Waals surface area contributed by atoms with Gasteiger partial charge < -0.3 is 20.0 Å². The van der Waals surface area contributed by atoms with Gasteiger partial charge in [0.1, 0.15) is 5.75 Å². The van der Waals surface area contributed by atoms with E-state index in [4.69, 9.17) is 4.74 Å². The van der Waals surface area contributed by atoms with Gasteiger partial charge in [0.15, 0.2) is 0 Å². The van der Waals surface area contributed by atoms with Gasteiger partial charge in [-0.25, -0.2) is 0 Å². The molecule has 1 aromatic rings. The van der Waals surface area contributed by atoms with Crippen molar-refractivity contribution in [1.29, 1.82) is 0 Å². The van der Waals surface area contributed by atoms with Gasteiger partial charge >= 0.3 is 0 Å². The first-order valence-corrected chi connectivity index (χ1v) is 7.94. The predicted octanol–water partition coefficient (Wildman–Crippen LogP) is 1.07. The highest BCUT2D eigenvalue weighted by Crippen LogP contribution is 2.63. The number of rotatable bonds is 4. The van der Waals surface area contributed by atoms with Crippen molar-refractivity contribution in [2.45, 2.75) is 6.42 Å². The van der Waals surface area contributed by atoms with Gasteiger partial charge in [-0.2, -0.15) is 0 Å². The molecule has 4 aliphatic carbocycles. The molecule has 1 aromatic carbocycles. The van der Waals surface area contributed by atoms with Crippen LogP contribution in [0.2, 0.25) is 0 Å². The lowest BCUT2D eigenvalue weighted by molar-refractivity contribution is -0.316. The normalized spacial score (nSPS) is 36.2. The Morgan fingerprint density at radius 1 is 1.09 bits per heavy atom. The summed E-state index contributed by atoms with van der Waals surface area (Å²) in [5.41, 5.74) is 0.644. The van der Waals surface area contributed by atoms with E-state index >= 15 is 0 Å². The average Bonchev–Trinajstić information content (AvgIpc) is 3.37. The molecule has 1 amide bonds. The minimum Gasteiger partial charge on any atom is -0.550 e. The molecule has 0 unspecified atom stereocenters. The monoisotopic (exact) mass is 312 g/mol. The summed E-state index contributed by atoms with van der Waals surface area (Å²) in [6.07, 6.45) is 5.05. The molecule has 5 nitrogen and oxygen atoms in total. The SMILES string of the molecule is COc1ccc(NC(=O)[C@H]2[C@H]3C=C[C@H]([C@H]4C[C@@H]34)[C@@H]2C(=O)[O-])cc1. The Balaban J connectivity index is 1.56. The molecule has 0 spiro atoms. The molecule has 23 heavy (non-hydrogen) atoms. The lowest BCUT2D eigenvalue weighted by atomic mass is 9.62. The maximum atomic E-state index is 12.7. The zero-order chi connectivity index (χ0) is 16.1. The summed E-state index contributed by atoms with van der Waals surface area (Å²) in [7, 11) is 1.58. The van der Waals surface area contributed by atoms with E-state index in [1.54, 1.807) is 31.4 Å². The van der Waals surface area contributed by atoms with Gasteiger partial charge in [0.05, 0.1) is 13.0 Å². The largest absolute Gasteiger partial charge is 0.550 e. The number of fused-ring (bicyclic) bond motifs is 1. The van der Waals surface area contributed by atoms with Gasteiger partial charge in [-0.1, -0.05) is 12.2 Å². The molecule has 2 fully saturated rings. The number of ether oxygens (including phenoxy) is 1. The second kappa shape index (κ2) is 5.11. The van der Waals surface area contributed by atoms with E-state index in [-0.39, 0.29) is 17.7 Å². The van der Waals surface area contributed by atoms with E-state index < -0.39 is 17.8 Å². The number of allylic oxidation sites excluding steroid dienone is 2. The number of carboxylic acid groups (broad SMARTS) is 1. The maximum absolute atomic E-state index is 12.7. The van der Waals surface area contributed by atoms with E-state index in [1.165, 1.54) is 0 Å².